The van der Waals surface area contributed by atoms with Crippen molar-refractivity contribution in [3.63, 3.8) is 0 Å². The lowest BCUT2D eigenvalue weighted by Gasteiger charge is -2.17. The largest absolute Gasteiger partial charge is 0.369 e. The van der Waals surface area contributed by atoms with Gasteiger partial charge in [0.25, 0.3) is 0 Å². The minimum absolute atomic E-state index is 0.268. The first-order chi connectivity index (χ1) is 11.5. The number of benzene rings is 1. The molecule has 7 heteroatoms. The Kier molecular flexibility index (Phi) is 3.90. The minimum Gasteiger partial charge on any atom is -0.369 e. The predicted octanol–water partition coefficient (Wildman–Crippen LogP) is 2.90. The second-order valence-corrected chi connectivity index (χ2v) is 6.75. The molecule has 4 rings (SSSR count). The first-order valence-electron chi connectivity index (χ1n) is 8.30. The minimum atomic E-state index is -1.33. The van der Waals surface area contributed by atoms with Crippen molar-refractivity contribution in [2.45, 2.75) is 25.2 Å². The van der Waals surface area contributed by atoms with Crippen molar-refractivity contribution in [1.82, 2.24) is 15.1 Å². The van der Waals surface area contributed by atoms with Crippen LogP contribution in [0, 0.1) is 23.3 Å². The Morgan fingerprint density at radius 2 is 1.71 bits per heavy atom. The van der Waals surface area contributed by atoms with E-state index >= 15 is 0 Å². The summed E-state index contributed by atoms with van der Waals surface area (Å²) in [6, 6.07) is 0.268. The number of hydrogen-bond acceptors (Lipinski definition) is 3. The average Bonchev–Trinajstić information content (AvgIpc) is 3.25. The van der Waals surface area contributed by atoms with Crippen LogP contribution in [0.4, 0.5) is 17.6 Å². The van der Waals surface area contributed by atoms with Crippen LogP contribution in [0.25, 0.3) is 0 Å². The van der Waals surface area contributed by atoms with E-state index in [9.17, 15) is 17.6 Å². The molecule has 1 N–H and O–H groups in total. The fourth-order valence-electron chi connectivity index (χ4n) is 4.03. The second-order valence-electron chi connectivity index (χ2n) is 6.75. The highest BCUT2D eigenvalue weighted by Gasteiger charge is 2.37. The van der Waals surface area contributed by atoms with E-state index in [2.05, 4.69) is 10.2 Å². The summed E-state index contributed by atoms with van der Waals surface area (Å²) in [5, 5.41) is 3.34. The molecule has 3 heterocycles. The van der Waals surface area contributed by atoms with Gasteiger partial charge >= 0.3 is 0 Å². The maximum Gasteiger partial charge on any atom is 0.165 e. The fraction of sp³-hybridized carbons (Fsp3) is 0.529. The van der Waals surface area contributed by atoms with Crippen LogP contribution in [0.1, 0.15) is 30.7 Å². The Hall–Kier alpha value is -1.76. The summed E-state index contributed by atoms with van der Waals surface area (Å²) in [7, 11) is 0. The van der Waals surface area contributed by atoms with Gasteiger partial charge in [0.1, 0.15) is 0 Å². The number of fused-ring (bicyclic) bond motifs is 1. The summed E-state index contributed by atoms with van der Waals surface area (Å²) in [5.74, 6) is -5.77. The van der Waals surface area contributed by atoms with E-state index in [-0.39, 0.29) is 6.07 Å². The first-order valence-corrected chi connectivity index (χ1v) is 8.30. The third kappa shape index (κ3) is 2.55. The van der Waals surface area contributed by atoms with Gasteiger partial charge in [-0.05, 0) is 32.4 Å². The second kappa shape index (κ2) is 5.95. The van der Waals surface area contributed by atoms with Gasteiger partial charge in [-0.1, -0.05) is 0 Å². The zero-order valence-corrected chi connectivity index (χ0v) is 13.2. The van der Waals surface area contributed by atoms with Crippen molar-refractivity contribution in [2.24, 2.45) is 0 Å². The lowest BCUT2D eigenvalue weighted by molar-refractivity contribution is 0.358. The smallest absolute Gasteiger partial charge is 0.165 e. The van der Waals surface area contributed by atoms with Crippen LogP contribution in [-0.2, 0) is 0 Å². The highest BCUT2D eigenvalue weighted by atomic mass is 19.2. The molecule has 0 saturated carbocycles. The lowest BCUT2D eigenvalue weighted by atomic mass is 9.95. The Morgan fingerprint density at radius 1 is 1.04 bits per heavy atom. The van der Waals surface area contributed by atoms with Crippen LogP contribution in [0.15, 0.2) is 17.5 Å². The monoisotopic (exact) mass is 341 g/mol. The Bertz CT molecular complexity index is 671. The number of likely N-dealkylation sites (tertiary alicyclic amines) is 1. The molecule has 0 aliphatic carbocycles. The summed E-state index contributed by atoms with van der Waals surface area (Å²) in [4.78, 5) is 4.35. The molecular formula is C17H19F4N3. The fourth-order valence-corrected chi connectivity index (χ4v) is 4.03. The van der Waals surface area contributed by atoms with Gasteiger partial charge in [-0.2, -0.15) is 0 Å². The van der Waals surface area contributed by atoms with Gasteiger partial charge in [0.15, 0.2) is 23.3 Å². The van der Waals surface area contributed by atoms with Crippen LogP contribution in [0.5, 0.6) is 0 Å². The van der Waals surface area contributed by atoms with Gasteiger partial charge in [-0.3, -0.25) is 4.90 Å². The van der Waals surface area contributed by atoms with E-state index in [0.29, 0.717) is 19.6 Å². The molecular weight excluding hydrogens is 322 g/mol. The summed E-state index contributed by atoms with van der Waals surface area (Å²) >= 11 is 0. The number of nitrogens with zero attached hydrogens (tertiary/aromatic N) is 2. The number of hydrogen-bond donors (Lipinski definition) is 1. The van der Waals surface area contributed by atoms with Crippen molar-refractivity contribution in [3.05, 3.63) is 46.3 Å². The number of rotatable bonds is 3. The zero-order chi connectivity index (χ0) is 16.8. The third-order valence-electron chi connectivity index (χ3n) is 5.23. The van der Waals surface area contributed by atoms with Crippen molar-refractivity contribution in [3.8, 4) is 0 Å². The van der Waals surface area contributed by atoms with Crippen LogP contribution in [-0.4, -0.2) is 42.6 Å². The molecule has 3 aliphatic rings. The van der Waals surface area contributed by atoms with E-state index in [1.54, 1.807) is 0 Å². The molecule has 24 heavy (non-hydrogen) atoms. The average molecular weight is 341 g/mol. The van der Waals surface area contributed by atoms with E-state index < -0.39 is 34.8 Å². The van der Waals surface area contributed by atoms with Gasteiger partial charge in [-0.25, -0.2) is 17.6 Å². The topological polar surface area (TPSA) is 18.5 Å². The van der Waals surface area contributed by atoms with Crippen molar-refractivity contribution < 1.29 is 17.6 Å². The molecule has 0 aromatic heterocycles. The van der Waals surface area contributed by atoms with Gasteiger partial charge in [-0.15, -0.1) is 0 Å². The van der Waals surface area contributed by atoms with Gasteiger partial charge < -0.3 is 10.2 Å². The molecule has 0 bridgehead atoms. The van der Waals surface area contributed by atoms with Crippen LogP contribution in [0.2, 0.25) is 0 Å². The maximum absolute atomic E-state index is 14.1. The maximum atomic E-state index is 14.1. The molecule has 0 amide bonds. The number of allylic oxidation sites excluding steroid dienone is 1. The van der Waals surface area contributed by atoms with E-state index in [1.807, 2.05) is 4.90 Å². The summed E-state index contributed by atoms with van der Waals surface area (Å²) in [6.45, 7) is 3.85. The number of nitrogens with one attached hydrogen (secondary N) is 1. The third-order valence-corrected chi connectivity index (χ3v) is 5.23. The molecule has 130 valence electrons. The first kappa shape index (κ1) is 15.7. The molecule has 1 aromatic carbocycles. The van der Waals surface area contributed by atoms with Crippen LogP contribution < -0.4 is 5.32 Å². The van der Waals surface area contributed by atoms with Gasteiger partial charge in [0.2, 0.25) is 0 Å². The van der Waals surface area contributed by atoms with Crippen LogP contribution >= 0.6 is 0 Å². The molecule has 3 nitrogen and oxygen atoms in total. The molecule has 2 fully saturated rings. The van der Waals surface area contributed by atoms with E-state index in [1.165, 1.54) is 12.8 Å². The summed E-state index contributed by atoms with van der Waals surface area (Å²) in [5.41, 5.74) is 1.61. The molecule has 3 aliphatic heterocycles. The molecule has 1 aromatic rings. The molecule has 1 atom stereocenters. The Morgan fingerprint density at radius 3 is 2.38 bits per heavy atom. The standard InChI is InChI=1S/C17H19F4N3/c18-11-6-12(19)17(21)15(16(11)20)10-5-14-13(22-9-24(14)7-10)8-23-3-1-2-4-23/h6,10,22H,1-5,7-9H2/t10-/m0/s1. The molecule has 2 saturated heterocycles. The number of halogens is 4. The molecule has 0 spiro atoms. The predicted molar refractivity (Wildman–Crippen MR) is 81.0 cm³/mol. The summed E-state index contributed by atoms with van der Waals surface area (Å²) < 4.78 is 55.1. The quantitative estimate of drug-likeness (QED) is 0.674. The lowest BCUT2D eigenvalue weighted by Crippen LogP contribution is -2.28. The van der Waals surface area contributed by atoms with E-state index in [0.717, 1.165) is 31.0 Å². The van der Waals surface area contributed by atoms with Gasteiger partial charge in [0.05, 0.1) is 6.67 Å². The van der Waals surface area contributed by atoms with E-state index in [4.69, 9.17) is 0 Å². The molecule has 0 radical (unpaired) electrons. The van der Waals surface area contributed by atoms with Crippen molar-refractivity contribution in [2.75, 3.05) is 32.8 Å². The van der Waals surface area contributed by atoms with Crippen molar-refractivity contribution >= 4 is 0 Å². The Labute approximate surface area is 137 Å². The van der Waals surface area contributed by atoms with Gasteiger partial charge in [0, 0.05) is 42.0 Å². The summed E-state index contributed by atoms with van der Waals surface area (Å²) in [6.07, 6.45) is 2.77. The molecule has 0 unspecified atom stereocenters. The SMILES string of the molecule is Fc1cc(F)c(F)c([C@H]2CC3=C(CN4CCCC4)NCN3C2)c1F. The van der Waals surface area contributed by atoms with Crippen molar-refractivity contribution in [1.29, 1.82) is 0 Å². The highest BCUT2D eigenvalue weighted by Crippen LogP contribution is 2.40. The zero-order valence-electron chi connectivity index (χ0n) is 13.2. The Balaban J connectivity index is 1.60. The normalized spacial score (nSPS) is 24.0. The highest BCUT2D eigenvalue weighted by molar-refractivity contribution is 5.33. The van der Waals surface area contributed by atoms with Crippen LogP contribution in [0.3, 0.4) is 0 Å².